The quantitative estimate of drug-likeness (QED) is 0.742. The van der Waals surface area contributed by atoms with Crippen LogP contribution in [0.3, 0.4) is 0 Å². The second-order valence-electron chi connectivity index (χ2n) is 3.52. The smallest absolute Gasteiger partial charge is 0.256 e. The molecule has 0 aliphatic carbocycles. The van der Waals surface area contributed by atoms with Crippen molar-refractivity contribution in [2.75, 3.05) is 6.54 Å². The fraction of sp³-hybridized carbons (Fsp3) is 0.875. The molecule has 0 spiro atoms. The third kappa shape index (κ3) is 1.90. The molecule has 1 rings (SSSR count). The zero-order valence-electron chi connectivity index (χ0n) is 7.53. The molecule has 13 heavy (non-hydrogen) atoms. The molecule has 0 radical (unpaired) electrons. The van der Waals surface area contributed by atoms with Gasteiger partial charge in [-0.1, -0.05) is 30.1 Å². The van der Waals surface area contributed by atoms with Crippen molar-refractivity contribution in [2.45, 2.75) is 29.5 Å². The van der Waals surface area contributed by atoms with Crippen LogP contribution >= 0.6 is 34.8 Å². The highest BCUT2D eigenvalue weighted by Gasteiger charge is 2.54. The summed E-state index contributed by atoms with van der Waals surface area (Å²) in [5, 5.41) is 2.61. The van der Waals surface area contributed by atoms with Crippen molar-refractivity contribution < 1.29 is 4.79 Å². The highest BCUT2D eigenvalue weighted by atomic mass is 35.5. The Morgan fingerprint density at radius 2 is 2.23 bits per heavy atom. The summed E-state index contributed by atoms with van der Waals surface area (Å²) in [6.45, 7) is 4.23. The first-order chi connectivity index (χ1) is 5.82. The third-order valence-electron chi connectivity index (χ3n) is 2.62. The van der Waals surface area contributed by atoms with Crippen molar-refractivity contribution in [3.63, 3.8) is 0 Å². The summed E-state index contributed by atoms with van der Waals surface area (Å²) >= 11 is 18.0. The Hall–Kier alpha value is 0.340. The number of carbonyl (C=O) groups is 1. The standard InChI is InChI=1S/C8H12Cl3NO/c1-3-7(2,9)5-4-12-6(13)8(5,10)11/h5H,3-4H2,1-2H3,(H,12,13). The van der Waals surface area contributed by atoms with Crippen LogP contribution in [-0.2, 0) is 4.79 Å². The van der Waals surface area contributed by atoms with E-state index in [0.717, 1.165) is 6.42 Å². The van der Waals surface area contributed by atoms with Gasteiger partial charge in [0.1, 0.15) is 0 Å². The molecule has 1 saturated heterocycles. The Morgan fingerprint density at radius 1 is 1.69 bits per heavy atom. The van der Waals surface area contributed by atoms with E-state index in [1.165, 1.54) is 0 Å². The number of nitrogens with one attached hydrogen (secondary N) is 1. The lowest BCUT2D eigenvalue weighted by Crippen LogP contribution is -2.41. The van der Waals surface area contributed by atoms with E-state index < -0.39 is 9.21 Å². The summed E-state index contributed by atoms with van der Waals surface area (Å²) in [5.41, 5.74) is 0. The second-order valence-corrected chi connectivity index (χ2v) is 5.77. The van der Waals surface area contributed by atoms with Gasteiger partial charge in [0.05, 0.1) is 0 Å². The van der Waals surface area contributed by atoms with E-state index in [-0.39, 0.29) is 11.8 Å². The molecule has 0 aromatic carbocycles. The van der Waals surface area contributed by atoms with Gasteiger partial charge in [0.15, 0.2) is 0 Å². The maximum absolute atomic E-state index is 11.2. The number of alkyl halides is 3. The molecule has 2 atom stereocenters. The van der Waals surface area contributed by atoms with Crippen molar-refractivity contribution in [3.8, 4) is 0 Å². The summed E-state index contributed by atoms with van der Waals surface area (Å²) < 4.78 is -1.38. The monoisotopic (exact) mass is 243 g/mol. The molecular formula is C8H12Cl3NO. The molecule has 1 amide bonds. The number of hydrogen-bond donors (Lipinski definition) is 1. The second kappa shape index (κ2) is 3.48. The average molecular weight is 245 g/mol. The van der Waals surface area contributed by atoms with Gasteiger partial charge in [-0.25, -0.2) is 0 Å². The van der Waals surface area contributed by atoms with Gasteiger partial charge in [-0.15, -0.1) is 11.6 Å². The maximum Gasteiger partial charge on any atom is 0.256 e. The zero-order chi connectivity index (χ0) is 10.3. The van der Waals surface area contributed by atoms with Crippen LogP contribution in [0.25, 0.3) is 0 Å². The van der Waals surface area contributed by atoms with E-state index in [4.69, 9.17) is 34.8 Å². The Balaban J connectivity index is 2.89. The minimum atomic E-state index is -1.38. The molecule has 76 valence electrons. The molecule has 1 fully saturated rings. The summed E-state index contributed by atoms with van der Waals surface area (Å²) in [6.07, 6.45) is 0.718. The van der Waals surface area contributed by atoms with Crippen LogP contribution in [0.1, 0.15) is 20.3 Å². The fourth-order valence-electron chi connectivity index (χ4n) is 1.44. The minimum absolute atomic E-state index is 0.248. The molecule has 5 heteroatoms. The van der Waals surface area contributed by atoms with Crippen LogP contribution in [0.4, 0.5) is 0 Å². The Kier molecular flexibility index (Phi) is 3.06. The molecule has 0 aromatic heterocycles. The number of hydrogen-bond acceptors (Lipinski definition) is 1. The van der Waals surface area contributed by atoms with Gasteiger partial charge in [-0.05, 0) is 13.3 Å². The summed E-state index contributed by atoms with van der Waals surface area (Å²) in [4.78, 5) is 10.7. The van der Waals surface area contributed by atoms with E-state index in [9.17, 15) is 4.79 Å². The van der Waals surface area contributed by atoms with Crippen molar-refractivity contribution in [3.05, 3.63) is 0 Å². The van der Waals surface area contributed by atoms with Gasteiger partial charge >= 0.3 is 0 Å². The molecular weight excluding hydrogens is 232 g/mol. The van der Waals surface area contributed by atoms with Gasteiger partial charge in [0.2, 0.25) is 4.33 Å². The van der Waals surface area contributed by atoms with Gasteiger partial charge in [-0.3, -0.25) is 4.79 Å². The predicted octanol–water partition coefficient (Wildman–Crippen LogP) is 2.31. The molecule has 0 aromatic rings. The molecule has 0 saturated carbocycles. The first-order valence-electron chi connectivity index (χ1n) is 4.17. The highest BCUT2D eigenvalue weighted by molar-refractivity contribution is 6.59. The average Bonchev–Trinajstić information content (AvgIpc) is 2.28. The van der Waals surface area contributed by atoms with E-state index in [1.807, 2.05) is 13.8 Å². The molecule has 2 nitrogen and oxygen atoms in total. The van der Waals surface area contributed by atoms with Gasteiger partial charge in [0.25, 0.3) is 5.91 Å². The Bertz CT molecular complexity index is 227. The lowest BCUT2D eigenvalue weighted by atomic mass is 9.89. The van der Waals surface area contributed by atoms with Gasteiger partial charge in [-0.2, -0.15) is 0 Å². The van der Waals surface area contributed by atoms with E-state index in [2.05, 4.69) is 5.32 Å². The topological polar surface area (TPSA) is 29.1 Å². The summed E-state index contributed by atoms with van der Waals surface area (Å²) in [6, 6.07) is 0. The molecule has 1 N–H and O–H groups in total. The normalized spacial score (nSPS) is 31.2. The van der Waals surface area contributed by atoms with Crippen LogP contribution < -0.4 is 5.32 Å². The number of carbonyl (C=O) groups excluding carboxylic acids is 1. The van der Waals surface area contributed by atoms with Crippen LogP contribution in [0, 0.1) is 5.92 Å². The molecule has 1 aliphatic heterocycles. The third-order valence-corrected chi connectivity index (χ3v) is 4.03. The summed E-state index contributed by atoms with van der Waals surface area (Å²) in [5.74, 6) is -0.594. The lowest BCUT2D eigenvalue weighted by Gasteiger charge is -2.31. The van der Waals surface area contributed by atoms with E-state index >= 15 is 0 Å². The zero-order valence-corrected chi connectivity index (χ0v) is 9.80. The van der Waals surface area contributed by atoms with Crippen LogP contribution in [0.2, 0.25) is 0 Å². The maximum atomic E-state index is 11.2. The van der Waals surface area contributed by atoms with Crippen molar-refractivity contribution in [1.82, 2.24) is 5.32 Å². The van der Waals surface area contributed by atoms with E-state index in [0.29, 0.717) is 6.54 Å². The predicted molar refractivity (Wildman–Crippen MR) is 55.5 cm³/mol. The molecule has 0 bridgehead atoms. The highest BCUT2D eigenvalue weighted by Crippen LogP contribution is 2.45. The molecule has 1 heterocycles. The van der Waals surface area contributed by atoms with Crippen LogP contribution in [0.15, 0.2) is 0 Å². The van der Waals surface area contributed by atoms with Crippen molar-refractivity contribution in [1.29, 1.82) is 0 Å². The lowest BCUT2D eigenvalue weighted by molar-refractivity contribution is -0.120. The number of rotatable bonds is 2. The number of halogens is 3. The minimum Gasteiger partial charge on any atom is -0.353 e. The van der Waals surface area contributed by atoms with Gasteiger partial charge < -0.3 is 5.32 Å². The summed E-state index contributed by atoms with van der Waals surface area (Å²) in [7, 11) is 0. The largest absolute Gasteiger partial charge is 0.353 e. The first-order valence-corrected chi connectivity index (χ1v) is 5.30. The molecule has 2 unspecified atom stereocenters. The fourth-order valence-corrected chi connectivity index (χ4v) is 2.56. The SMILES string of the molecule is CCC(C)(Cl)C1CNC(=O)C1(Cl)Cl. The van der Waals surface area contributed by atoms with Crippen molar-refractivity contribution >= 4 is 40.7 Å². The Labute approximate surface area is 92.9 Å². The molecule has 1 aliphatic rings. The van der Waals surface area contributed by atoms with Crippen LogP contribution in [-0.4, -0.2) is 21.7 Å². The number of amides is 1. The van der Waals surface area contributed by atoms with E-state index in [1.54, 1.807) is 0 Å². The Morgan fingerprint density at radius 3 is 2.54 bits per heavy atom. The van der Waals surface area contributed by atoms with Gasteiger partial charge in [0, 0.05) is 17.3 Å². The van der Waals surface area contributed by atoms with Crippen LogP contribution in [0.5, 0.6) is 0 Å². The first kappa shape index (κ1) is 11.4. The van der Waals surface area contributed by atoms with Crippen molar-refractivity contribution in [2.24, 2.45) is 5.92 Å².